The summed E-state index contributed by atoms with van der Waals surface area (Å²) in [6, 6.07) is 0. The summed E-state index contributed by atoms with van der Waals surface area (Å²) in [5.74, 6) is 1.18. The molecule has 0 aliphatic carbocycles. The highest BCUT2D eigenvalue weighted by Crippen LogP contribution is 2.33. The number of amides is 1. The highest BCUT2D eigenvalue weighted by Gasteiger charge is 2.35. The molecule has 1 rings (SSSR count). The van der Waals surface area contributed by atoms with Crippen molar-refractivity contribution in [2.45, 2.75) is 66.0 Å². The van der Waals surface area contributed by atoms with E-state index in [4.69, 9.17) is 4.74 Å². The lowest BCUT2D eigenvalue weighted by Crippen LogP contribution is -2.51. The molecular weight excluding hydrogens is 443 g/mol. The van der Waals surface area contributed by atoms with Crippen LogP contribution in [0.2, 0.25) is 0 Å². The molecule has 1 fully saturated rings. The molecule has 154 valence electrons. The van der Waals surface area contributed by atoms with E-state index in [9.17, 15) is 4.79 Å². The van der Waals surface area contributed by atoms with E-state index in [-0.39, 0.29) is 53.5 Å². The molecule has 0 radical (unpaired) electrons. The van der Waals surface area contributed by atoms with Crippen LogP contribution in [0, 0.1) is 11.3 Å². The molecule has 2 unspecified atom stereocenters. The van der Waals surface area contributed by atoms with Crippen LogP contribution in [-0.2, 0) is 9.53 Å². The SMILES string of the molecule is CN=C(NCC1CCCOC1C(C)(C)C)N(C)CC(=O)NC(C)(C)C.I. The third-order valence-corrected chi connectivity index (χ3v) is 4.29. The van der Waals surface area contributed by atoms with Crippen molar-refractivity contribution in [1.82, 2.24) is 15.5 Å². The van der Waals surface area contributed by atoms with Gasteiger partial charge in [0.2, 0.25) is 5.91 Å². The third kappa shape index (κ3) is 8.88. The van der Waals surface area contributed by atoms with Crippen LogP contribution in [0.4, 0.5) is 0 Å². The van der Waals surface area contributed by atoms with Gasteiger partial charge in [-0.1, -0.05) is 20.8 Å². The Kier molecular flexibility index (Phi) is 10.4. The lowest BCUT2D eigenvalue weighted by Gasteiger charge is -2.40. The monoisotopic (exact) mass is 482 g/mol. The van der Waals surface area contributed by atoms with Gasteiger partial charge in [-0.3, -0.25) is 9.79 Å². The largest absolute Gasteiger partial charge is 0.377 e. The topological polar surface area (TPSA) is 66.0 Å². The van der Waals surface area contributed by atoms with Crippen molar-refractivity contribution in [1.29, 1.82) is 0 Å². The van der Waals surface area contributed by atoms with E-state index in [2.05, 4.69) is 36.4 Å². The molecule has 6 nitrogen and oxygen atoms in total. The molecule has 26 heavy (non-hydrogen) atoms. The third-order valence-electron chi connectivity index (χ3n) is 4.29. The van der Waals surface area contributed by atoms with Crippen LogP contribution in [0.3, 0.4) is 0 Å². The normalized spacial score (nSPS) is 21.6. The lowest BCUT2D eigenvalue weighted by atomic mass is 9.78. The van der Waals surface area contributed by atoms with Crippen molar-refractivity contribution in [3.63, 3.8) is 0 Å². The summed E-state index contributed by atoms with van der Waals surface area (Å²) in [5, 5.41) is 6.40. The number of hydrogen-bond donors (Lipinski definition) is 2. The highest BCUT2D eigenvalue weighted by atomic mass is 127. The summed E-state index contributed by atoms with van der Waals surface area (Å²) in [6.45, 7) is 14.6. The van der Waals surface area contributed by atoms with Crippen molar-refractivity contribution in [3.8, 4) is 0 Å². The van der Waals surface area contributed by atoms with Gasteiger partial charge in [-0.25, -0.2) is 0 Å². The predicted molar refractivity (Wildman–Crippen MR) is 119 cm³/mol. The molecule has 2 atom stereocenters. The van der Waals surface area contributed by atoms with Gasteiger partial charge >= 0.3 is 0 Å². The van der Waals surface area contributed by atoms with E-state index in [0.29, 0.717) is 5.92 Å². The van der Waals surface area contributed by atoms with E-state index in [1.54, 1.807) is 7.05 Å². The van der Waals surface area contributed by atoms with Gasteiger partial charge in [-0.05, 0) is 39.0 Å². The molecule has 7 heteroatoms. The van der Waals surface area contributed by atoms with Crippen LogP contribution in [0.25, 0.3) is 0 Å². The Balaban J connectivity index is 0.00000625. The zero-order valence-electron chi connectivity index (χ0n) is 17.8. The number of nitrogens with zero attached hydrogens (tertiary/aromatic N) is 2. The maximum atomic E-state index is 12.1. The van der Waals surface area contributed by atoms with Crippen LogP contribution in [0.1, 0.15) is 54.4 Å². The fourth-order valence-electron chi connectivity index (χ4n) is 3.36. The standard InChI is InChI=1S/C19H38N4O2.HI/c1-18(2,3)16-14(10-9-11-25-16)12-21-17(20-7)23(8)13-15(24)22-19(4,5)6;/h14,16H,9-13H2,1-8H3,(H,20,21)(H,22,24);1H. The first-order chi connectivity index (χ1) is 11.4. The molecule has 0 bridgehead atoms. The molecule has 0 saturated carbocycles. The van der Waals surface area contributed by atoms with E-state index in [0.717, 1.165) is 32.0 Å². The Labute approximate surface area is 176 Å². The molecule has 2 N–H and O–H groups in total. The maximum Gasteiger partial charge on any atom is 0.240 e. The van der Waals surface area contributed by atoms with E-state index < -0.39 is 0 Å². The molecule has 0 aromatic rings. The minimum Gasteiger partial charge on any atom is -0.377 e. The van der Waals surface area contributed by atoms with Crippen LogP contribution in [0.5, 0.6) is 0 Å². The number of guanidine groups is 1. The van der Waals surface area contributed by atoms with Gasteiger partial charge in [0.05, 0.1) is 12.6 Å². The number of nitrogens with one attached hydrogen (secondary N) is 2. The molecule has 0 aromatic carbocycles. The zero-order valence-corrected chi connectivity index (χ0v) is 20.1. The Morgan fingerprint density at radius 1 is 1.23 bits per heavy atom. The van der Waals surface area contributed by atoms with Gasteiger partial charge in [-0.2, -0.15) is 0 Å². The van der Waals surface area contributed by atoms with Gasteiger partial charge in [0, 0.05) is 38.7 Å². The van der Waals surface area contributed by atoms with Crippen molar-refractivity contribution in [2.24, 2.45) is 16.3 Å². The van der Waals surface area contributed by atoms with Gasteiger partial charge < -0.3 is 20.3 Å². The summed E-state index contributed by atoms with van der Waals surface area (Å²) in [6.07, 6.45) is 2.49. The second-order valence-corrected chi connectivity index (χ2v) is 9.14. The summed E-state index contributed by atoms with van der Waals surface area (Å²) in [4.78, 5) is 18.3. The van der Waals surface area contributed by atoms with E-state index in [1.807, 2.05) is 32.7 Å². The first kappa shape index (κ1) is 25.4. The lowest BCUT2D eigenvalue weighted by molar-refractivity contribution is -0.122. The number of carbonyl (C=O) groups is 1. The van der Waals surface area contributed by atoms with Gasteiger partial charge in [-0.15, -0.1) is 24.0 Å². The summed E-state index contributed by atoms with van der Waals surface area (Å²) in [7, 11) is 3.63. The number of rotatable bonds is 4. The van der Waals surface area contributed by atoms with Crippen molar-refractivity contribution in [2.75, 3.05) is 33.8 Å². The number of carbonyl (C=O) groups excluding carboxylic acids is 1. The van der Waals surface area contributed by atoms with Crippen LogP contribution in [-0.4, -0.2) is 62.2 Å². The van der Waals surface area contributed by atoms with Crippen LogP contribution < -0.4 is 10.6 Å². The minimum atomic E-state index is -0.228. The predicted octanol–water partition coefficient (Wildman–Crippen LogP) is 2.87. The molecule has 1 aliphatic rings. The first-order valence-corrected chi connectivity index (χ1v) is 9.28. The number of ether oxygens (including phenoxy) is 1. The first-order valence-electron chi connectivity index (χ1n) is 9.28. The van der Waals surface area contributed by atoms with Gasteiger partial charge in [0.25, 0.3) is 0 Å². The minimum absolute atomic E-state index is 0. The molecule has 0 spiro atoms. The molecule has 1 amide bonds. The summed E-state index contributed by atoms with van der Waals surface area (Å²) in [5.41, 5.74) is -0.108. The summed E-state index contributed by atoms with van der Waals surface area (Å²) >= 11 is 0. The average Bonchev–Trinajstić information content (AvgIpc) is 2.45. The molecule has 1 heterocycles. The fourth-order valence-corrected chi connectivity index (χ4v) is 3.36. The second-order valence-electron chi connectivity index (χ2n) is 9.14. The quantitative estimate of drug-likeness (QED) is 0.368. The van der Waals surface area contributed by atoms with E-state index in [1.165, 1.54) is 0 Å². The number of halogens is 1. The maximum absolute atomic E-state index is 12.1. The van der Waals surface area contributed by atoms with Gasteiger partial charge in [0.1, 0.15) is 0 Å². The number of aliphatic imine (C=N–C) groups is 1. The highest BCUT2D eigenvalue weighted by molar-refractivity contribution is 14.0. The van der Waals surface area contributed by atoms with Crippen molar-refractivity contribution >= 4 is 35.8 Å². The Bertz CT molecular complexity index is 469. The van der Waals surface area contributed by atoms with Crippen molar-refractivity contribution in [3.05, 3.63) is 0 Å². The zero-order chi connectivity index (χ0) is 19.3. The second kappa shape index (κ2) is 10.7. The average molecular weight is 482 g/mol. The van der Waals surface area contributed by atoms with Crippen molar-refractivity contribution < 1.29 is 9.53 Å². The molecule has 1 aliphatic heterocycles. The van der Waals surface area contributed by atoms with Gasteiger partial charge in [0.15, 0.2) is 5.96 Å². The van der Waals surface area contributed by atoms with Crippen LogP contribution in [0.15, 0.2) is 4.99 Å². The molecule has 1 saturated heterocycles. The molecular formula is C19H39IN4O2. The number of hydrogen-bond acceptors (Lipinski definition) is 3. The van der Waals surface area contributed by atoms with E-state index >= 15 is 0 Å². The summed E-state index contributed by atoms with van der Waals surface area (Å²) < 4.78 is 6.04. The Hall–Kier alpha value is -0.570. The smallest absolute Gasteiger partial charge is 0.240 e. The molecule has 0 aromatic heterocycles. The fraction of sp³-hybridized carbons (Fsp3) is 0.895. The van der Waals surface area contributed by atoms with Crippen LogP contribution >= 0.6 is 24.0 Å². The Morgan fingerprint density at radius 2 is 1.85 bits per heavy atom. The number of likely N-dealkylation sites (N-methyl/N-ethyl adjacent to an activating group) is 1. The Morgan fingerprint density at radius 3 is 2.35 bits per heavy atom.